The number of aromatic nitrogens is 1. The minimum Gasteiger partial charge on any atom is -0.508 e. The Morgan fingerprint density at radius 2 is 2.05 bits per heavy atom. The number of hydrogen-bond donors (Lipinski definition) is 2. The molecule has 3 nitrogen and oxygen atoms in total. The number of rotatable bonds is 3. The van der Waals surface area contributed by atoms with Crippen molar-refractivity contribution in [2.75, 3.05) is 5.32 Å². The summed E-state index contributed by atoms with van der Waals surface area (Å²) in [5, 5.41) is 13.9. The maximum atomic E-state index is 9.38. The molecule has 0 spiro atoms. The lowest BCUT2D eigenvalue weighted by Crippen LogP contribution is -2.09. The number of thiazole rings is 1. The molecular weight excluding hydrogens is 256 g/mol. The van der Waals surface area contributed by atoms with Crippen LogP contribution in [0, 0.1) is 6.92 Å². The van der Waals surface area contributed by atoms with Gasteiger partial charge in [-0.3, -0.25) is 0 Å². The second kappa shape index (κ2) is 5.21. The lowest BCUT2D eigenvalue weighted by molar-refractivity contribution is 0.475. The quantitative estimate of drug-likeness (QED) is 0.831. The molecule has 2 rings (SSSR count). The van der Waals surface area contributed by atoms with Gasteiger partial charge in [-0.25, -0.2) is 4.98 Å². The fraction of sp³-hybridized carbons (Fsp3) is 0.400. The van der Waals surface area contributed by atoms with Crippen molar-refractivity contribution in [1.82, 2.24) is 4.98 Å². The largest absolute Gasteiger partial charge is 0.508 e. The Balaban J connectivity index is 2.04. The van der Waals surface area contributed by atoms with Crippen LogP contribution in [0.2, 0.25) is 0 Å². The molecule has 0 saturated heterocycles. The van der Waals surface area contributed by atoms with Crippen molar-refractivity contribution < 1.29 is 5.11 Å². The van der Waals surface area contributed by atoms with Crippen molar-refractivity contribution in [3.8, 4) is 5.75 Å². The zero-order chi connectivity index (χ0) is 14.0. The van der Waals surface area contributed by atoms with Gasteiger partial charge >= 0.3 is 0 Å². The van der Waals surface area contributed by atoms with Gasteiger partial charge in [0.25, 0.3) is 0 Å². The Morgan fingerprint density at radius 3 is 2.63 bits per heavy atom. The molecule has 0 amide bonds. The summed E-state index contributed by atoms with van der Waals surface area (Å²) in [6, 6.07) is 5.36. The van der Waals surface area contributed by atoms with Gasteiger partial charge in [0.1, 0.15) is 5.75 Å². The van der Waals surface area contributed by atoms with Gasteiger partial charge in [0.15, 0.2) is 0 Å². The highest BCUT2D eigenvalue weighted by molar-refractivity contribution is 7.11. The van der Waals surface area contributed by atoms with Crippen LogP contribution in [0.3, 0.4) is 0 Å². The number of phenols is 1. The van der Waals surface area contributed by atoms with Crippen LogP contribution < -0.4 is 5.32 Å². The molecule has 0 bridgehead atoms. The number of aryl methyl sites for hydroxylation is 1. The fourth-order valence-electron chi connectivity index (χ4n) is 1.76. The maximum Gasteiger partial charge on any atom is 0.115 e. The molecule has 0 atom stereocenters. The summed E-state index contributed by atoms with van der Waals surface area (Å²) in [5.41, 5.74) is 2.20. The van der Waals surface area contributed by atoms with E-state index >= 15 is 0 Å². The van der Waals surface area contributed by atoms with Crippen LogP contribution >= 0.6 is 11.3 Å². The first kappa shape index (κ1) is 13.9. The molecule has 0 unspecified atom stereocenters. The van der Waals surface area contributed by atoms with Gasteiger partial charge in [0.2, 0.25) is 0 Å². The molecule has 0 saturated carbocycles. The van der Waals surface area contributed by atoms with E-state index < -0.39 is 0 Å². The van der Waals surface area contributed by atoms with Crippen molar-refractivity contribution in [3.63, 3.8) is 0 Å². The topological polar surface area (TPSA) is 45.1 Å². The van der Waals surface area contributed by atoms with E-state index in [-0.39, 0.29) is 5.41 Å². The molecule has 1 aromatic carbocycles. The van der Waals surface area contributed by atoms with Gasteiger partial charge in [-0.05, 0) is 30.7 Å². The Labute approximate surface area is 118 Å². The first-order valence-electron chi connectivity index (χ1n) is 6.35. The van der Waals surface area contributed by atoms with Crippen molar-refractivity contribution in [1.29, 1.82) is 0 Å². The monoisotopic (exact) mass is 276 g/mol. The highest BCUT2D eigenvalue weighted by Crippen LogP contribution is 2.27. The highest BCUT2D eigenvalue weighted by Gasteiger charge is 2.17. The highest BCUT2D eigenvalue weighted by atomic mass is 32.1. The third kappa shape index (κ3) is 3.47. The lowest BCUT2D eigenvalue weighted by atomic mass is 9.98. The van der Waals surface area contributed by atoms with Crippen LogP contribution in [0.1, 0.15) is 36.2 Å². The van der Waals surface area contributed by atoms with Gasteiger partial charge in [0.05, 0.1) is 11.6 Å². The first-order chi connectivity index (χ1) is 8.86. The third-order valence-electron chi connectivity index (χ3n) is 2.86. The number of nitrogens with zero attached hydrogens (tertiary/aromatic N) is 1. The summed E-state index contributed by atoms with van der Waals surface area (Å²) in [6.45, 7) is 9.27. The molecule has 0 fully saturated rings. The normalized spacial score (nSPS) is 11.6. The zero-order valence-electron chi connectivity index (χ0n) is 11.8. The van der Waals surface area contributed by atoms with E-state index in [9.17, 15) is 5.11 Å². The summed E-state index contributed by atoms with van der Waals surface area (Å²) in [4.78, 5) is 5.69. The first-order valence-corrected chi connectivity index (χ1v) is 7.16. The predicted molar refractivity (Wildman–Crippen MR) is 81.0 cm³/mol. The molecule has 0 aliphatic rings. The molecule has 1 aromatic heterocycles. The molecule has 0 aliphatic heterocycles. The van der Waals surface area contributed by atoms with E-state index in [1.807, 2.05) is 19.2 Å². The minimum absolute atomic E-state index is 0.109. The Kier molecular flexibility index (Phi) is 3.80. The maximum absolute atomic E-state index is 9.38. The van der Waals surface area contributed by atoms with E-state index in [0.29, 0.717) is 5.75 Å². The van der Waals surface area contributed by atoms with Gasteiger partial charge in [-0.1, -0.05) is 20.8 Å². The van der Waals surface area contributed by atoms with Crippen molar-refractivity contribution in [2.24, 2.45) is 0 Å². The van der Waals surface area contributed by atoms with Crippen LogP contribution in [0.4, 0.5) is 5.69 Å². The molecule has 1 heterocycles. The smallest absolute Gasteiger partial charge is 0.115 e. The number of aromatic hydroxyl groups is 1. The molecule has 4 heteroatoms. The van der Waals surface area contributed by atoms with Crippen LogP contribution in [-0.2, 0) is 12.0 Å². The Hall–Kier alpha value is -1.55. The van der Waals surface area contributed by atoms with Crippen molar-refractivity contribution in [2.45, 2.75) is 39.7 Å². The molecule has 2 N–H and O–H groups in total. The lowest BCUT2D eigenvalue weighted by Gasteiger charge is -2.13. The number of benzene rings is 1. The number of phenolic OH excluding ortho intramolecular Hbond substituents is 1. The second-order valence-corrected chi connectivity index (χ2v) is 6.85. The predicted octanol–water partition coefficient (Wildman–Crippen LogP) is 4.07. The summed E-state index contributed by atoms with van der Waals surface area (Å²) >= 11 is 1.75. The SMILES string of the molecule is Cc1cc(O)ccc1NCc1cnc(C(C)(C)C)s1. The van der Waals surface area contributed by atoms with E-state index in [4.69, 9.17) is 0 Å². The number of anilines is 1. The summed E-state index contributed by atoms with van der Waals surface area (Å²) in [7, 11) is 0. The molecule has 102 valence electrons. The number of hydrogen-bond acceptors (Lipinski definition) is 4. The fourth-order valence-corrected chi connectivity index (χ4v) is 2.67. The minimum atomic E-state index is 0.109. The van der Waals surface area contributed by atoms with E-state index in [1.54, 1.807) is 23.5 Å². The van der Waals surface area contributed by atoms with Gasteiger partial charge in [-0.2, -0.15) is 0 Å². The van der Waals surface area contributed by atoms with E-state index in [0.717, 1.165) is 22.8 Å². The molecule has 0 radical (unpaired) electrons. The van der Waals surface area contributed by atoms with Crippen LogP contribution in [0.5, 0.6) is 5.75 Å². The summed E-state index contributed by atoms with van der Waals surface area (Å²) in [6.07, 6.45) is 1.94. The van der Waals surface area contributed by atoms with Crippen molar-refractivity contribution >= 4 is 17.0 Å². The standard InChI is InChI=1S/C15H20N2OS/c1-10-7-11(18)5-6-13(10)16-8-12-9-17-14(19-12)15(2,3)4/h5-7,9,16,18H,8H2,1-4H3. The van der Waals surface area contributed by atoms with E-state index in [1.165, 1.54) is 4.88 Å². The summed E-state index contributed by atoms with van der Waals surface area (Å²) in [5.74, 6) is 0.302. The van der Waals surface area contributed by atoms with Crippen LogP contribution in [-0.4, -0.2) is 10.1 Å². The van der Waals surface area contributed by atoms with Gasteiger partial charge in [-0.15, -0.1) is 11.3 Å². The number of nitrogens with one attached hydrogen (secondary N) is 1. The van der Waals surface area contributed by atoms with Gasteiger partial charge < -0.3 is 10.4 Å². The van der Waals surface area contributed by atoms with Gasteiger partial charge in [0, 0.05) is 22.2 Å². The molecule has 19 heavy (non-hydrogen) atoms. The Bertz CT molecular complexity index is 570. The van der Waals surface area contributed by atoms with E-state index in [2.05, 4.69) is 31.1 Å². The van der Waals surface area contributed by atoms with Crippen LogP contribution in [0.15, 0.2) is 24.4 Å². The summed E-state index contributed by atoms with van der Waals surface area (Å²) < 4.78 is 0. The Morgan fingerprint density at radius 1 is 1.32 bits per heavy atom. The third-order valence-corrected chi connectivity index (χ3v) is 4.28. The molecule has 0 aliphatic carbocycles. The average Bonchev–Trinajstić information content (AvgIpc) is 2.76. The zero-order valence-corrected chi connectivity index (χ0v) is 12.6. The molecular formula is C15H20N2OS. The van der Waals surface area contributed by atoms with Crippen molar-refractivity contribution in [3.05, 3.63) is 39.8 Å². The second-order valence-electron chi connectivity index (χ2n) is 5.73. The van der Waals surface area contributed by atoms with Crippen LogP contribution in [0.25, 0.3) is 0 Å². The molecule has 2 aromatic rings. The average molecular weight is 276 g/mol.